The zero-order valence-corrected chi connectivity index (χ0v) is 14.6. The van der Waals surface area contributed by atoms with E-state index in [1.165, 1.54) is 23.6 Å². The largest absolute Gasteiger partial charge is 0.314 e. The normalized spacial score (nSPS) is 13.8. The highest BCUT2D eigenvalue weighted by molar-refractivity contribution is 6.76. The van der Waals surface area contributed by atoms with Gasteiger partial charge in [-0.2, -0.15) is 0 Å². The molecule has 0 aliphatic rings. The molecule has 1 unspecified atom stereocenters. The van der Waals surface area contributed by atoms with Crippen molar-refractivity contribution in [2.24, 2.45) is 5.92 Å². The molecule has 0 aliphatic heterocycles. The van der Waals surface area contributed by atoms with Gasteiger partial charge in [0, 0.05) is 14.1 Å². The minimum Gasteiger partial charge on any atom is -0.314 e. The van der Waals surface area contributed by atoms with E-state index in [2.05, 4.69) is 70.0 Å². The van der Waals surface area contributed by atoms with Gasteiger partial charge >= 0.3 is 0 Å². The molecule has 1 aromatic rings. The van der Waals surface area contributed by atoms with Crippen LogP contribution in [0.4, 0.5) is 0 Å². The molecule has 0 aliphatic carbocycles. The van der Waals surface area contributed by atoms with Crippen LogP contribution < -0.4 is 5.32 Å². The summed E-state index contributed by atoms with van der Waals surface area (Å²) in [5.41, 5.74) is 2.87. The van der Waals surface area contributed by atoms with Crippen LogP contribution in [0, 0.1) is 12.8 Å². The maximum Gasteiger partial charge on any atom is 0.0446 e. The van der Waals surface area contributed by atoms with Crippen LogP contribution in [-0.4, -0.2) is 20.7 Å². The van der Waals surface area contributed by atoms with Gasteiger partial charge in [-0.3, -0.25) is 0 Å². The first kappa shape index (κ1) is 16.5. The highest BCUT2D eigenvalue weighted by Crippen LogP contribution is 2.21. The fourth-order valence-corrected chi connectivity index (χ4v) is 4.68. The van der Waals surface area contributed by atoms with Crippen LogP contribution in [0.5, 0.6) is 0 Å². The second-order valence-electron chi connectivity index (χ2n) is 7.39. The summed E-state index contributed by atoms with van der Waals surface area (Å²) in [6, 6.07) is 11.0. The zero-order valence-electron chi connectivity index (χ0n) is 13.6. The molecule has 1 aromatic carbocycles. The fourth-order valence-electron chi connectivity index (χ4n) is 2.66. The Morgan fingerprint density at radius 3 is 2.37 bits per heavy atom. The lowest BCUT2D eigenvalue weighted by Gasteiger charge is -2.26. The molecule has 0 bridgehead atoms. The molecular formula is C17H31NSi. The van der Waals surface area contributed by atoms with Gasteiger partial charge < -0.3 is 5.32 Å². The number of benzene rings is 1. The van der Waals surface area contributed by atoms with Crippen molar-refractivity contribution in [2.45, 2.75) is 58.9 Å². The Balaban J connectivity index is 2.67. The van der Waals surface area contributed by atoms with Gasteiger partial charge in [-0.25, -0.2) is 0 Å². The van der Waals surface area contributed by atoms with Gasteiger partial charge in [0.05, 0.1) is 0 Å². The molecule has 19 heavy (non-hydrogen) atoms. The SMILES string of the molecule is Cc1cccc(CC(CNC(C)C)C[Si](C)(C)C)c1. The highest BCUT2D eigenvalue weighted by Gasteiger charge is 2.20. The predicted octanol–water partition coefficient (Wildman–Crippen LogP) is 4.49. The van der Waals surface area contributed by atoms with Gasteiger partial charge in [0.1, 0.15) is 0 Å². The lowest BCUT2D eigenvalue weighted by atomic mass is 9.99. The van der Waals surface area contributed by atoms with Crippen molar-refractivity contribution in [3.63, 3.8) is 0 Å². The molecule has 0 saturated heterocycles. The van der Waals surface area contributed by atoms with Crippen molar-refractivity contribution >= 4 is 8.07 Å². The van der Waals surface area contributed by atoms with Gasteiger partial charge in [-0.05, 0) is 31.4 Å². The van der Waals surface area contributed by atoms with Crippen LogP contribution in [0.2, 0.25) is 25.7 Å². The third-order valence-electron chi connectivity index (χ3n) is 3.32. The summed E-state index contributed by atoms with van der Waals surface area (Å²) in [4.78, 5) is 0. The number of nitrogens with one attached hydrogen (secondary N) is 1. The van der Waals surface area contributed by atoms with E-state index in [-0.39, 0.29) is 0 Å². The molecule has 108 valence electrons. The van der Waals surface area contributed by atoms with Crippen LogP contribution in [0.1, 0.15) is 25.0 Å². The van der Waals surface area contributed by atoms with Crippen molar-refractivity contribution in [3.8, 4) is 0 Å². The molecule has 0 spiro atoms. The minimum atomic E-state index is -1.000. The van der Waals surface area contributed by atoms with E-state index in [9.17, 15) is 0 Å². The molecular weight excluding hydrogens is 246 g/mol. The average Bonchev–Trinajstić information content (AvgIpc) is 2.24. The first-order valence-corrected chi connectivity index (χ1v) is 11.3. The summed E-state index contributed by atoms with van der Waals surface area (Å²) in [6.45, 7) is 15.2. The van der Waals surface area contributed by atoms with Gasteiger partial charge in [0.15, 0.2) is 0 Å². The molecule has 0 radical (unpaired) electrons. The quantitative estimate of drug-likeness (QED) is 0.724. The standard InChI is InChI=1S/C17H31NSi/c1-14(2)18-12-17(13-19(4,5)6)11-16-9-7-8-15(3)10-16/h7-10,14,17-18H,11-13H2,1-6H3. The van der Waals surface area contributed by atoms with Crippen molar-refractivity contribution in [3.05, 3.63) is 35.4 Å². The zero-order chi connectivity index (χ0) is 14.5. The molecule has 1 atom stereocenters. The molecule has 1 N–H and O–H groups in total. The lowest BCUT2D eigenvalue weighted by Crippen LogP contribution is -2.34. The summed E-state index contributed by atoms with van der Waals surface area (Å²) in [6.07, 6.45) is 1.21. The Kier molecular flexibility index (Phi) is 6.28. The molecule has 1 rings (SSSR count). The van der Waals surface area contributed by atoms with Gasteiger partial charge in [0.25, 0.3) is 0 Å². The van der Waals surface area contributed by atoms with Crippen LogP contribution >= 0.6 is 0 Å². The van der Waals surface area contributed by atoms with E-state index >= 15 is 0 Å². The predicted molar refractivity (Wildman–Crippen MR) is 89.7 cm³/mol. The maximum absolute atomic E-state index is 3.63. The van der Waals surface area contributed by atoms with E-state index in [0.29, 0.717) is 6.04 Å². The van der Waals surface area contributed by atoms with Gasteiger partial charge in [-0.15, -0.1) is 0 Å². The monoisotopic (exact) mass is 277 g/mol. The highest BCUT2D eigenvalue weighted by atomic mass is 28.3. The second kappa shape index (κ2) is 7.25. The van der Waals surface area contributed by atoms with Crippen molar-refractivity contribution in [1.82, 2.24) is 5.32 Å². The molecule has 0 heterocycles. The Hall–Kier alpha value is -0.603. The molecule has 0 fully saturated rings. The number of rotatable bonds is 7. The Labute approximate surface area is 120 Å². The maximum atomic E-state index is 3.63. The van der Waals surface area contributed by atoms with Crippen molar-refractivity contribution in [1.29, 1.82) is 0 Å². The molecule has 0 saturated carbocycles. The summed E-state index contributed by atoms with van der Waals surface area (Å²) in [5.74, 6) is 0.774. The van der Waals surface area contributed by atoms with E-state index in [1.807, 2.05) is 0 Å². The Morgan fingerprint density at radius 1 is 1.16 bits per heavy atom. The van der Waals surface area contributed by atoms with Crippen LogP contribution in [0.15, 0.2) is 24.3 Å². The topological polar surface area (TPSA) is 12.0 Å². The molecule has 0 amide bonds. The number of aryl methyl sites for hydroxylation is 1. The van der Waals surface area contributed by atoms with E-state index in [0.717, 1.165) is 12.5 Å². The number of hydrogen-bond acceptors (Lipinski definition) is 1. The summed E-state index contributed by atoms with van der Waals surface area (Å²) in [7, 11) is -1.000. The van der Waals surface area contributed by atoms with E-state index in [1.54, 1.807) is 0 Å². The third-order valence-corrected chi connectivity index (χ3v) is 5.12. The minimum absolute atomic E-state index is 0.585. The fraction of sp³-hybridized carbons (Fsp3) is 0.647. The smallest absolute Gasteiger partial charge is 0.0446 e. The van der Waals surface area contributed by atoms with Crippen LogP contribution in [0.25, 0.3) is 0 Å². The number of hydrogen-bond donors (Lipinski definition) is 1. The molecule has 0 aromatic heterocycles. The summed E-state index contributed by atoms with van der Waals surface area (Å²) < 4.78 is 0. The molecule has 2 heteroatoms. The first-order valence-electron chi connectivity index (χ1n) is 7.55. The lowest BCUT2D eigenvalue weighted by molar-refractivity contribution is 0.472. The van der Waals surface area contributed by atoms with Gasteiger partial charge in [-0.1, -0.05) is 69.4 Å². The van der Waals surface area contributed by atoms with Crippen LogP contribution in [0.3, 0.4) is 0 Å². The Bertz CT molecular complexity index is 379. The van der Waals surface area contributed by atoms with E-state index < -0.39 is 8.07 Å². The first-order chi connectivity index (χ1) is 8.76. The van der Waals surface area contributed by atoms with Crippen molar-refractivity contribution in [2.75, 3.05) is 6.54 Å². The third kappa shape index (κ3) is 7.53. The van der Waals surface area contributed by atoms with Crippen molar-refractivity contribution < 1.29 is 0 Å². The Morgan fingerprint density at radius 2 is 1.84 bits per heavy atom. The summed E-state index contributed by atoms with van der Waals surface area (Å²) in [5, 5.41) is 3.63. The summed E-state index contributed by atoms with van der Waals surface area (Å²) >= 11 is 0. The molecule has 1 nitrogen and oxygen atoms in total. The second-order valence-corrected chi connectivity index (χ2v) is 12.9. The van der Waals surface area contributed by atoms with Crippen LogP contribution in [-0.2, 0) is 6.42 Å². The van der Waals surface area contributed by atoms with E-state index in [4.69, 9.17) is 0 Å². The average molecular weight is 278 g/mol. The van der Waals surface area contributed by atoms with Gasteiger partial charge in [0.2, 0.25) is 0 Å².